The highest BCUT2D eigenvalue weighted by Crippen LogP contribution is 2.37. The van der Waals surface area contributed by atoms with E-state index in [-0.39, 0.29) is 11.9 Å². The normalized spacial score (nSPS) is 17.4. The van der Waals surface area contributed by atoms with Gasteiger partial charge in [0.25, 0.3) is 0 Å². The number of rotatable bonds is 5. The van der Waals surface area contributed by atoms with Gasteiger partial charge >= 0.3 is 0 Å². The summed E-state index contributed by atoms with van der Waals surface area (Å²) in [5.74, 6) is 1.51. The molecule has 5 nitrogen and oxygen atoms in total. The Kier molecular flexibility index (Phi) is 4.92. The van der Waals surface area contributed by atoms with Gasteiger partial charge in [0, 0.05) is 26.7 Å². The summed E-state index contributed by atoms with van der Waals surface area (Å²) in [7, 11) is 4.93. The second-order valence-electron chi connectivity index (χ2n) is 5.96. The van der Waals surface area contributed by atoms with Crippen LogP contribution in [0.25, 0.3) is 0 Å². The summed E-state index contributed by atoms with van der Waals surface area (Å²) in [5.41, 5.74) is 3.37. The standard InChI is InChI=1S/C19H23NO4/c1-22-15-6-4-13(5-7-15)10-20-11-14-8-18(23-2)17(21)9-16(14)19(12-20)24-3/h4-9,19,21H,10-12H2,1-3H3. The van der Waals surface area contributed by atoms with Gasteiger partial charge < -0.3 is 19.3 Å². The third-order valence-corrected chi connectivity index (χ3v) is 4.46. The molecule has 0 fully saturated rings. The Hall–Kier alpha value is -2.24. The van der Waals surface area contributed by atoms with Crippen molar-refractivity contribution in [3.8, 4) is 17.2 Å². The van der Waals surface area contributed by atoms with Crippen LogP contribution >= 0.6 is 0 Å². The molecule has 2 aromatic rings. The van der Waals surface area contributed by atoms with Gasteiger partial charge in [0.05, 0.1) is 20.3 Å². The minimum absolute atomic E-state index is 0.0659. The molecule has 5 heteroatoms. The molecule has 24 heavy (non-hydrogen) atoms. The maximum atomic E-state index is 10.0. The lowest BCUT2D eigenvalue weighted by atomic mass is 9.96. The molecule has 0 aliphatic carbocycles. The Morgan fingerprint density at radius 3 is 2.46 bits per heavy atom. The van der Waals surface area contributed by atoms with Crippen molar-refractivity contribution in [2.75, 3.05) is 27.9 Å². The van der Waals surface area contributed by atoms with Crippen LogP contribution in [0.3, 0.4) is 0 Å². The molecule has 1 heterocycles. The molecular weight excluding hydrogens is 306 g/mol. The highest BCUT2D eigenvalue weighted by molar-refractivity contribution is 5.48. The molecule has 3 rings (SSSR count). The van der Waals surface area contributed by atoms with E-state index in [1.807, 2.05) is 18.2 Å². The predicted octanol–water partition coefficient (Wildman–Crippen LogP) is 3.11. The number of methoxy groups -OCH3 is 3. The molecule has 1 atom stereocenters. The van der Waals surface area contributed by atoms with Gasteiger partial charge in [-0.2, -0.15) is 0 Å². The van der Waals surface area contributed by atoms with E-state index >= 15 is 0 Å². The van der Waals surface area contributed by atoms with Gasteiger partial charge in [-0.3, -0.25) is 4.90 Å². The molecule has 1 N–H and O–H groups in total. The van der Waals surface area contributed by atoms with Crippen LogP contribution in [0.4, 0.5) is 0 Å². The number of fused-ring (bicyclic) bond motifs is 1. The smallest absolute Gasteiger partial charge is 0.160 e. The van der Waals surface area contributed by atoms with Crippen molar-refractivity contribution in [3.05, 3.63) is 53.1 Å². The van der Waals surface area contributed by atoms with Crippen LogP contribution < -0.4 is 9.47 Å². The van der Waals surface area contributed by atoms with Gasteiger partial charge in [0.15, 0.2) is 11.5 Å². The molecule has 1 aliphatic heterocycles. The molecule has 0 amide bonds. The van der Waals surface area contributed by atoms with Crippen molar-refractivity contribution in [3.63, 3.8) is 0 Å². The minimum Gasteiger partial charge on any atom is -0.504 e. The Balaban J connectivity index is 1.82. The average molecular weight is 329 g/mol. The van der Waals surface area contributed by atoms with Gasteiger partial charge in [0.1, 0.15) is 5.75 Å². The molecule has 0 bridgehead atoms. The second kappa shape index (κ2) is 7.11. The van der Waals surface area contributed by atoms with Crippen molar-refractivity contribution in [1.29, 1.82) is 0 Å². The number of benzene rings is 2. The molecular formula is C19H23NO4. The van der Waals surface area contributed by atoms with Gasteiger partial charge in [-0.15, -0.1) is 0 Å². The van der Waals surface area contributed by atoms with E-state index in [9.17, 15) is 5.11 Å². The zero-order valence-electron chi connectivity index (χ0n) is 14.3. The SMILES string of the molecule is COc1ccc(CN2Cc3cc(OC)c(O)cc3C(OC)C2)cc1. The van der Waals surface area contributed by atoms with E-state index in [2.05, 4.69) is 17.0 Å². The van der Waals surface area contributed by atoms with Crippen LogP contribution in [0, 0.1) is 0 Å². The van der Waals surface area contributed by atoms with E-state index in [0.717, 1.165) is 36.5 Å². The van der Waals surface area contributed by atoms with Crippen molar-refractivity contribution >= 4 is 0 Å². The lowest BCUT2D eigenvalue weighted by Gasteiger charge is -2.34. The van der Waals surface area contributed by atoms with Gasteiger partial charge in [-0.25, -0.2) is 0 Å². The third-order valence-electron chi connectivity index (χ3n) is 4.46. The van der Waals surface area contributed by atoms with Crippen LogP contribution in [0.1, 0.15) is 22.8 Å². The fourth-order valence-electron chi connectivity index (χ4n) is 3.18. The first-order valence-corrected chi connectivity index (χ1v) is 7.92. The van der Waals surface area contributed by atoms with E-state index in [0.29, 0.717) is 5.75 Å². The maximum Gasteiger partial charge on any atom is 0.160 e. The zero-order chi connectivity index (χ0) is 17.1. The summed E-state index contributed by atoms with van der Waals surface area (Å²) in [6.07, 6.45) is -0.0659. The van der Waals surface area contributed by atoms with Crippen molar-refractivity contribution in [2.24, 2.45) is 0 Å². The quantitative estimate of drug-likeness (QED) is 0.913. The number of hydrogen-bond donors (Lipinski definition) is 1. The molecule has 0 saturated carbocycles. The predicted molar refractivity (Wildman–Crippen MR) is 91.5 cm³/mol. The number of ether oxygens (including phenoxy) is 3. The van der Waals surface area contributed by atoms with Gasteiger partial charge in [0.2, 0.25) is 0 Å². The molecule has 0 aromatic heterocycles. The Morgan fingerprint density at radius 1 is 1.08 bits per heavy atom. The van der Waals surface area contributed by atoms with Crippen LogP contribution in [-0.2, 0) is 17.8 Å². The topological polar surface area (TPSA) is 51.2 Å². The summed E-state index contributed by atoms with van der Waals surface area (Å²) >= 11 is 0. The molecule has 0 saturated heterocycles. The van der Waals surface area contributed by atoms with Gasteiger partial charge in [-0.1, -0.05) is 12.1 Å². The first-order chi connectivity index (χ1) is 11.6. The molecule has 128 valence electrons. The van der Waals surface area contributed by atoms with Crippen molar-refractivity contribution in [2.45, 2.75) is 19.2 Å². The fraction of sp³-hybridized carbons (Fsp3) is 0.368. The molecule has 2 aromatic carbocycles. The number of aromatic hydroxyl groups is 1. The summed E-state index contributed by atoms with van der Waals surface area (Å²) < 4.78 is 16.1. The third kappa shape index (κ3) is 3.32. The van der Waals surface area contributed by atoms with E-state index in [1.54, 1.807) is 27.4 Å². The highest BCUT2D eigenvalue weighted by Gasteiger charge is 2.27. The monoisotopic (exact) mass is 329 g/mol. The zero-order valence-corrected chi connectivity index (χ0v) is 14.3. The lowest BCUT2D eigenvalue weighted by Crippen LogP contribution is -2.34. The van der Waals surface area contributed by atoms with Crippen LogP contribution in [0.15, 0.2) is 36.4 Å². The maximum absolute atomic E-state index is 10.0. The Morgan fingerprint density at radius 2 is 1.83 bits per heavy atom. The van der Waals surface area contributed by atoms with Crippen molar-refractivity contribution in [1.82, 2.24) is 4.90 Å². The summed E-state index contributed by atoms with van der Waals surface area (Å²) in [6, 6.07) is 11.8. The fourth-order valence-corrected chi connectivity index (χ4v) is 3.18. The summed E-state index contributed by atoms with van der Waals surface area (Å²) in [6.45, 7) is 2.39. The van der Waals surface area contributed by atoms with E-state index in [1.165, 1.54) is 5.56 Å². The average Bonchev–Trinajstić information content (AvgIpc) is 2.61. The van der Waals surface area contributed by atoms with Crippen molar-refractivity contribution < 1.29 is 19.3 Å². The number of nitrogens with zero attached hydrogens (tertiary/aromatic N) is 1. The van der Waals surface area contributed by atoms with E-state index in [4.69, 9.17) is 14.2 Å². The van der Waals surface area contributed by atoms with Crippen LogP contribution in [0.2, 0.25) is 0 Å². The summed E-state index contributed by atoms with van der Waals surface area (Å²) in [4.78, 5) is 2.33. The van der Waals surface area contributed by atoms with Crippen LogP contribution in [-0.4, -0.2) is 37.9 Å². The highest BCUT2D eigenvalue weighted by atomic mass is 16.5. The molecule has 0 spiro atoms. The number of hydrogen-bond acceptors (Lipinski definition) is 5. The number of phenolic OH excluding ortho intramolecular Hbond substituents is 1. The lowest BCUT2D eigenvalue weighted by molar-refractivity contribution is 0.0448. The number of phenols is 1. The first-order valence-electron chi connectivity index (χ1n) is 7.92. The minimum atomic E-state index is -0.0659. The molecule has 0 radical (unpaired) electrons. The largest absolute Gasteiger partial charge is 0.504 e. The van der Waals surface area contributed by atoms with E-state index < -0.39 is 0 Å². The second-order valence-corrected chi connectivity index (χ2v) is 5.96. The molecule has 1 aliphatic rings. The van der Waals surface area contributed by atoms with Crippen LogP contribution in [0.5, 0.6) is 17.2 Å². The Labute approximate surface area is 142 Å². The Bertz CT molecular complexity index is 699. The van der Waals surface area contributed by atoms with Gasteiger partial charge in [-0.05, 0) is 41.0 Å². The summed E-state index contributed by atoms with van der Waals surface area (Å²) in [5, 5.41) is 10.0. The molecule has 1 unspecified atom stereocenters. The first kappa shape index (κ1) is 16.6.